The summed E-state index contributed by atoms with van der Waals surface area (Å²) in [4.78, 5) is 14.0. The minimum Gasteiger partial charge on any atom is -0.494 e. The predicted octanol–water partition coefficient (Wildman–Crippen LogP) is 2.98. The van der Waals surface area contributed by atoms with Gasteiger partial charge in [0.25, 0.3) is 0 Å². The highest BCUT2D eigenvalue weighted by molar-refractivity contribution is 9.10. The van der Waals surface area contributed by atoms with Gasteiger partial charge in [0, 0.05) is 30.0 Å². The summed E-state index contributed by atoms with van der Waals surface area (Å²) in [5.41, 5.74) is 5.68. The van der Waals surface area contributed by atoms with E-state index in [0.29, 0.717) is 19.6 Å². The van der Waals surface area contributed by atoms with Crippen molar-refractivity contribution in [2.75, 3.05) is 19.7 Å². The quantitative estimate of drug-likeness (QED) is 0.775. The lowest BCUT2D eigenvalue weighted by Crippen LogP contribution is -2.39. The van der Waals surface area contributed by atoms with E-state index in [1.54, 1.807) is 0 Å². The lowest BCUT2D eigenvalue weighted by Gasteiger charge is -2.23. The first kappa shape index (κ1) is 18.3. The fourth-order valence-corrected chi connectivity index (χ4v) is 2.90. The minimum atomic E-state index is 0. The van der Waals surface area contributed by atoms with Crippen molar-refractivity contribution in [3.63, 3.8) is 0 Å². The monoisotopic (exact) mass is 376 g/mol. The molecule has 21 heavy (non-hydrogen) atoms. The molecule has 1 aliphatic heterocycles. The van der Waals surface area contributed by atoms with Crippen molar-refractivity contribution in [1.82, 2.24) is 4.90 Å². The highest BCUT2D eigenvalue weighted by Crippen LogP contribution is 2.19. The Kier molecular flexibility index (Phi) is 8.07. The minimum absolute atomic E-state index is 0. The van der Waals surface area contributed by atoms with E-state index in [1.165, 1.54) is 0 Å². The fraction of sp³-hybridized carbons (Fsp3) is 0.533. The van der Waals surface area contributed by atoms with Gasteiger partial charge in [-0.3, -0.25) is 4.79 Å². The van der Waals surface area contributed by atoms with E-state index in [2.05, 4.69) is 15.9 Å². The lowest BCUT2D eigenvalue weighted by molar-refractivity contribution is -0.132. The molecule has 2 N–H and O–H groups in total. The van der Waals surface area contributed by atoms with Crippen LogP contribution in [-0.4, -0.2) is 36.5 Å². The summed E-state index contributed by atoms with van der Waals surface area (Å²) in [6.45, 7) is 1.98. The Balaban J connectivity index is 0.00000220. The van der Waals surface area contributed by atoms with Gasteiger partial charge in [-0.15, -0.1) is 12.4 Å². The normalized spacial score (nSPS) is 17.4. The van der Waals surface area contributed by atoms with Crippen molar-refractivity contribution < 1.29 is 9.53 Å². The molecule has 1 saturated heterocycles. The summed E-state index contributed by atoms with van der Waals surface area (Å²) in [5.74, 6) is 1.03. The summed E-state index contributed by atoms with van der Waals surface area (Å²) >= 11 is 3.40. The second-order valence-corrected chi connectivity index (χ2v) is 5.94. The molecule has 4 nitrogen and oxygen atoms in total. The number of nitrogens with two attached hydrogens (primary N) is 1. The number of benzene rings is 1. The number of rotatable bonds is 6. The van der Waals surface area contributed by atoms with E-state index in [0.717, 1.165) is 36.0 Å². The van der Waals surface area contributed by atoms with E-state index in [9.17, 15) is 4.79 Å². The van der Waals surface area contributed by atoms with Gasteiger partial charge in [0.2, 0.25) is 5.91 Å². The van der Waals surface area contributed by atoms with Crippen molar-refractivity contribution >= 4 is 34.2 Å². The molecule has 0 bridgehead atoms. The number of carbonyl (C=O) groups is 1. The Bertz CT molecular complexity index is 459. The molecule has 1 fully saturated rings. The molecule has 1 unspecified atom stereocenters. The Labute approximate surface area is 140 Å². The highest BCUT2D eigenvalue weighted by Gasteiger charge is 2.26. The van der Waals surface area contributed by atoms with Crippen LogP contribution in [0.3, 0.4) is 0 Å². The van der Waals surface area contributed by atoms with Gasteiger partial charge in [-0.1, -0.05) is 22.0 Å². The number of nitrogens with zero attached hydrogens (tertiary/aromatic N) is 1. The smallest absolute Gasteiger partial charge is 0.222 e. The molecule has 1 amide bonds. The first-order valence-electron chi connectivity index (χ1n) is 7.08. The van der Waals surface area contributed by atoms with Crippen molar-refractivity contribution in [1.29, 1.82) is 0 Å². The standard InChI is InChI=1S/C15H21BrN2O2.ClH/c16-12-4-1-6-14(10-12)20-9-3-7-15(19)18-8-2-5-13(18)11-17;/h1,4,6,10,13H,2-3,5,7-9,11,17H2;1H. The molecule has 0 aliphatic carbocycles. The number of carbonyl (C=O) groups excluding carboxylic acids is 1. The number of amides is 1. The van der Waals surface area contributed by atoms with Crippen LogP contribution in [0.2, 0.25) is 0 Å². The summed E-state index contributed by atoms with van der Waals surface area (Å²) in [7, 11) is 0. The van der Waals surface area contributed by atoms with Crippen molar-refractivity contribution in [3.05, 3.63) is 28.7 Å². The first-order chi connectivity index (χ1) is 9.70. The Hall–Kier alpha value is -0.780. The molecule has 1 aromatic rings. The molecule has 0 saturated carbocycles. The maximum atomic E-state index is 12.1. The highest BCUT2D eigenvalue weighted by atomic mass is 79.9. The lowest BCUT2D eigenvalue weighted by atomic mass is 10.2. The molecule has 1 aliphatic rings. The van der Waals surface area contributed by atoms with E-state index in [-0.39, 0.29) is 24.4 Å². The Morgan fingerprint density at radius 3 is 3.00 bits per heavy atom. The summed E-state index contributed by atoms with van der Waals surface area (Å²) in [6, 6.07) is 7.97. The van der Waals surface area contributed by atoms with Gasteiger partial charge in [0.15, 0.2) is 0 Å². The van der Waals surface area contributed by atoms with Crippen LogP contribution in [0.4, 0.5) is 0 Å². The third kappa shape index (κ3) is 5.49. The van der Waals surface area contributed by atoms with E-state index >= 15 is 0 Å². The van der Waals surface area contributed by atoms with Crippen molar-refractivity contribution in [2.24, 2.45) is 5.73 Å². The van der Waals surface area contributed by atoms with Crippen LogP contribution < -0.4 is 10.5 Å². The number of hydrogen-bond acceptors (Lipinski definition) is 3. The molecule has 6 heteroatoms. The summed E-state index contributed by atoms with van der Waals surface area (Å²) < 4.78 is 6.62. The van der Waals surface area contributed by atoms with Gasteiger partial charge in [-0.25, -0.2) is 0 Å². The molecule has 0 radical (unpaired) electrons. The average molecular weight is 378 g/mol. The topological polar surface area (TPSA) is 55.6 Å². The number of hydrogen-bond donors (Lipinski definition) is 1. The Morgan fingerprint density at radius 2 is 2.29 bits per heavy atom. The van der Waals surface area contributed by atoms with Gasteiger partial charge in [0.1, 0.15) is 5.75 Å². The third-order valence-corrected chi connectivity index (χ3v) is 4.06. The van der Waals surface area contributed by atoms with E-state index < -0.39 is 0 Å². The average Bonchev–Trinajstić information content (AvgIpc) is 2.92. The van der Waals surface area contributed by atoms with Crippen LogP contribution in [0, 0.1) is 0 Å². The number of ether oxygens (including phenoxy) is 1. The zero-order valence-electron chi connectivity index (χ0n) is 12.0. The molecule has 2 rings (SSSR count). The molecule has 1 heterocycles. The van der Waals surface area contributed by atoms with E-state index in [4.69, 9.17) is 10.5 Å². The van der Waals surface area contributed by atoms with Crippen LogP contribution in [0.5, 0.6) is 5.75 Å². The first-order valence-corrected chi connectivity index (χ1v) is 7.88. The van der Waals surface area contributed by atoms with Crippen LogP contribution >= 0.6 is 28.3 Å². The summed E-state index contributed by atoms with van der Waals surface area (Å²) in [6.07, 6.45) is 3.38. The zero-order valence-corrected chi connectivity index (χ0v) is 14.4. The molecule has 118 valence electrons. The second kappa shape index (κ2) is 9.28. The predicted molar refractivity (Wildman–Crippen MR) is 89.9 cm³/mol. The van der Waals surface area contributed by atoms with Crippen LogP contribution in [0.1, 0.15) is 25.7 Å². The molecular formula is C15H22BrClN2O2. The van der Waals surface area contributed by atoms with Gasteiger partial charge >= 0.3 is 0 Å². The van der Waals surface area contributed by atoms with Crippen LogP contribution in [0.25, 0.3) is 0 Å². The number of halogens is 2. The van der Waals surface area contributed by atoms with Crippen molar-refractivity contribution in [2.45, 2.75) is 31.7 Å². The SMILES string of the molecule is Cl.NCC1CCCN1C(=O)CCCOc1cccc(Br)c1. The fourth-order valence-electron chi connectivity index (χ4n) is 2.52. The molecule has 1 aromatic carbocycles. The van der Waals surface area contributed by atoms with Gasteiger partial charge in [0.05, 0.1) is 6.61 Å². The largest absolute Gasteiger partial charge is 0.494 e. The molecule has 0 aromatic heterocycles. The molecular weight excluding hydrogens is 356 g/mol. The third-order valence-electron chi connectivity index (χ3n) is 3.57. The maximum absolute atomic E-state index is 12.1. The summed E-state index contributed by atoms with van der Waals surface area (Å²) in [5, 5.41) is 0. The van der Waals surface area contributed by atoms with Crippen LogP contribution in [-0.2, 0) is 4.79 Å². The van der Waals surface area contributed by atoms with Gasteiger partial charge < -0.3 is 15.4 Å². The van der Waals surface area contributed by atoms with Crippen molar-refractivity contribution in [3.8, 4) is 5.75 Å². The van der Waals surface area contributed by atoms with Crippen LogP contribution in [0.15, 0.2) is 28.7 Å². The molecule has 1 atom stereocenters. The van der Waals surface area contributed by atoms with Gasteiger partial charge in [-0.05, 0) is 37.5 Å². The van der Waals surface area contributed by atoms with E-state index in [1.807, 2.05) is 29.2 Å². The Morgan fingerprint density at radius 1 is 1.48 bits per heavy atom. The molecule has 0 spiro atoms. The van der Waals surface area contributed by atoms with Gasteiger partial charge in [-0.2, -0.15) is 0 Å². The second-order valence-electron chi connectivity index (χ2n) is 5.03. The maximum Gasteiger partial charge on any atom is 0.222 e. The zero-order chi connectivity index (χ0) is 14.4. The number of likely N-dealkylation sites (tertiary alicyclic amines) is 1.